The average molecular weight is 280 g/mol. The summed E-state index contributed by atoms with van der Waals surface area (Å²) >= 11 is 0. The van der Waals surface area contributed by atoms with Crippen molar-refractivity contribution in [3.8, 4) is 5.75 Å². The molecule has 0 bridgehead atoms. The number of aromatic nitrogens is 2. The summed E-state index contributed by atoms with van der Waals surface area (Å²) in [6, 6.07) is 4.00. The summed E-state index contributed by atoms with van der Waals surface area (Å²) in [7, 11) is 0. The molecule has 1 N–H and O–H groups in total. The molecule has 0 saturated heterocycles. The van der Waals surface area contributed by atoms with E-state index in [0.29, 0.717) is 17.3 Å². The third-order valence-electron chi connectivity index (χ3n) is 2.76. The molecule has 5 nitrogen and oxygen atoms in total. The van der Waals surface area contributed by atoms with E-state index in [9.17, 15) is 9.50 Å². The van der Waals surface area contributed by atoms with Crippen LogP contribution in [0, 0.1) is 5.82 Å². The predicted molar refractivity (Wildman–Crippen MR) is 69.7 cm³/mol. The first kappa shape index (κ1) is 14.5. The molecule has 0 radical (unpaired) electrons. The van der Waals surface area contributed by atoms with Crippen LogP contribution in [0.2, 0.25) is 0 Å². The summed E-state index contributed by atoms with van der Waals surface area (Å²) in [4.78, 5) is 4.15. The molecule has 1 heterocycles. The van der Waals surface area contributed by atoms with Gasteiger partial charge in [0.15, 0.2) is 12.4 Å². The Kier molecular flexibility index (Phi) is 4.68. The van der Waals surface area contributed by atoms with Gasteiger partial charge >= 0.3 is 0 Å². The summed E-state index contributed by atoms with van der Waals surface area (Å²) in [5, 5.41) is 13.4. The van der Waals surface area contributed by atoms with Gasteiger partial charge in [0.25, 0.3) is 5.89 Å². The van der Waals surface area contributed by atoms with E-state index in [4.69, 9.17) is 9.26 Å². The molecular weight excluding hydrogens is 263 g/mol. The van der Waals surface area contributed by atoms with Gasteiger partial charge in [-0.05, 0) is 25.5 Å². The van der Waals surface area contributed by atoms with E-state index in [-0.39, 0.29) is 12.4 Å². The van der Waals surface area contributed by atoms with E-state index < -0.39 is 11.9 Å². The lowest BCUT2D eigenvalue weighted by molar-refractivity contribution is 0.185. The molecule has 1 atom stereocenters. The van der Waals surface area contributed by atoms with Gasteiger partial charge < -0.3 is 14.4 Å². The molecule has 0 spiro atoms. The van der Waals surface area contributed by atoms with E-state index in [1.54, 1.807) is 6.92 Å². The summed E-state index contributed by atoms with van der Waals surface area (Å²) in [5.74, 6) is 0.798. The van der Waals surface area contributed by atoms with Gasteiger partial charge in [0, 0.05) is 18.1 Å². The van der Waals surface area contributed by atoms with Crippen molar-refractivity contribution in [2.45, 2.75) is 39.4 Å². The van der Waals surface area contributed by atoms with Crippen LogP contribution >= 0.6 is 0 Å². The lowest BCUT2D eigenvalue weighted by Gasteiger charge is -2.12. The Morgan fingerprint density at radius 1 is 1.45 bits per heavy atom. The maximum Gasteiger partial charge on any atom is 0.264 e. The van der Waals surface area contributed by atoms with Crippen LogP contribution in [-0.4, -0.2) is 15.2 Å². The summed E-state index contributed by atoms with van der Waals surface area (Å²) in [6.07, 6.45) is 0.919. The fraction of sp³-hybridized carbons (Fsp3) is 0.429. The molecular formula is C14H17FN2O3. The number of aryl methyl sites for hydroxylation is 1. The van der Waals surface area contributed by atoms with Gasteiger partial charge in [-0.25, -0.2) is 4.39 Å². The van der Waals surface area contributed by atoms with Crippen LogP contribution in [0.5, 0.6) is 5.75 Å². The number of nitrogens with zero attached hydrogens (tertiary/aromatic N) is 2. The molecule has 0 aliphatic heterocycles. The number of ether oxygens (including phenoxy) is 1. The first-order chi connectivity index (χ1) is 9.60. The Labute approximate surface area is 116 Å². The van der Waals surface area contributed by atoms with Gasteiger partial charge in [-0.2, -0.15) is 4.98 Å². The Balaban J connectivity index is 2.07. The quantitative estimate of drug-likeness (QED) is 0.881. The molecule has 2 aromatic rings. The zero-order valence-corrected chi connectivity index (χ0v) is 11.5. The Bertz CT molecular complexity index is 569. The lowest BCUT2D eigenvalue weighted by atomic mass is 10.1. The third kappa shape index (κ3) is 3.54. The van der Waals surface area contributed by atoms with E-state index in [2.05, 4.69) is 10.1 Å². The van der Waals surface area contributed by atoms with Crippen molar-refractivity contribution in [1.82, 2.24) is 10.1 Å². The van der Waals surface area contributed by atoms with E-state index >= 15 is 0 Å². The summed E-state index contributed by atoms with van der Waals surface area (Å²) < 4.78 is 23.7. The molecule has 1 aromatic heterocycles. The van der Waals surface area contributed by atoms with Crippen LogP contribution in [0.1, 0.15) is 43.7 Å². The van der Waals surface area contributed by atoms with Crippen molar-refractivity contribution in [2.24, 2.45) is 0 Å². The second-order valence-corrected chi connectivity index (χ2v) is 4.50. The zero-order chi connectivity index (χ0) is 14.5. The van der Waals surface area contributed by atoms with Gasteiger partial charge in [0.2, 0.25) is 0 Å². The van der Waals surface area contributed by atoms with Crippen molar-refractivity contribution in [2.75, 3.05) is 0 Å². The molecule has 0 unspecified atom stereocenters. The zero-order valence-electron chi connectivity index (χ0n) is 11.5. The molecule has 0 amide bonds. The molecule has 0 saturated carbocycles. The van der Waals surface area contributed by atoms with Crippen molar-refractivity contribution in [3.63, 3.8) is 0 Å². The van der Waals surface area contributed by atoms with Gasteiger partial charge in [0.05, 0.1) is 6.10 Å². The van der Waals surface area contributed by atoms with Crippen LogP contribution < -0.4 is 4.74 Å². The molecule has 0 aliphatic rings. The molecule has 20 heavy (non-hydrogen) atoms. The molecule has 1 aromatic carbocycles. The molecule has 6 heteroatoms. The highest BCUT2D eigenvalue weighted by Crippen LogP contribution is 2.26. The number of aliphatic hydroxyl groups excluding tert-OH is 1. The maximum atomic E-state index is 13.2. The van der Waals surface area contributed by atoms with Gasteiger partial charge in [-0.3, -0.25) is 0 Å². The minimum atomic E-state index is -0.746. The van der Waals surface area contributed by atoms with E-state index in [1.165, 1.54) is 18.2 Å². The van der Waals surface area contributed by atoms with Gasteiger partial charge in [0.1, 0.15) is 11.6 Å². The molecule has 0 aliphatic carbocycles. The first-order valence-corrected chi connectivity index (χ1v) is 6.52. The van der Waals surface area contributed by atoms with Crippen LogP contribution in [0.3, 0.4) is 0 Å². The van der Waals surface area contributed by atoms with Crippen molar-refractivity contribution in [3.05, 3.63) is 41.3 Å². The Morgan fingerprint density at radius 3 is 2.95 bits per heavy atom. The lowest BCUT2D eigenvalue weighted by Crippen LogP contribution is -2.02. The average Bonchev–Trinajstić information content (AvgIpc) is 2.84. The first-order valence-electron chi connectivity index (χ1n) is 6.52. The molecule has 2 rings (SSSR count). The number of hydrogen-bond acceptors (Lipinski definition) is 5. The molecule has 108 valence electrons. The standard InChI is InChI=1S/C14H17FN2O3/c1-3-4-13-16-14(20-17-13)8-19-12-7-10(15)5-6-11(12)9(2)18/h5-7,9,18H,3-4,8H2,1-2H3/t9-/m0/s1. The maximum absolute atomic E-state index is 13.2. The van der Waals surface area contributed by atoms with Crippen molar-refractivity contribution in [1.29, 1.82) is 0 Å². The smallest absolute Gasteiger partial charge is 0.264 e. The Morgan fingerprint density at radius 2 is 2.25 bits per heavy atom. The van der Waals surface area contributed by atoms with Crippen LogP contribution in [-0.2, 0) is 13.0 Å². The minimum Gasteiger partial charge on any atom is -0.483 e. The highest BCUT2D eigenvalue weighted by Gasteiger charge is 2.12. The number of hydrogen-bond donors (Lipinski definition) is 1. The normalized spacial score (nSPS) is 12.4. The van der Waals surface area contributed by atoms with Crippen LogP contribution in [0.15, 0.2) is 22.7 Å². The topological polar surface area (TPSA) is 68.4 Å². The van der Waals surface area contributed by atoms with E-state index in [1.807, 2.05) is 6.92 Å². The summed E-state index contributed by atoms with van der Waals surface area (Å²) in [5.41, 5.74) is 0.514. The second kappa shape index (κ2) is 6.47. The minimum absolute atomic E-state index is 0.0416. The van der Waals surface area contributed by atoms with Crippen LogP contribution in [0.4, 0.5) is 4.39 Å². The largest absolute Gasteiger partial charge is 0.483 e. The van der Waals surface area contributed by atoms with Crippen molar-refractivity contribution < 1.29 is 18.8 Å². The number of benzene rings is 1. The number of halogens is 1. The molecule has 0 fully saturated rings. The van der Waals surface area contributed by atoms with Gasteiger partial charge in [-0.1, -0.05) is 12.1 Å². The SMILES string of the molecule is CCCc1noc(COc2cc(F)ccc2[C@H](C)O)n1. The highest BCUT2D eigenvalue weighted by molar-refractivity contribution is 5.35. The fourth-order valence-corrected chi connectivity index (χ4v) is 1.79. The Hall–Kier alpha value is -1.95. The summed E-state index contributed by atoms with van der Waals surface area (Å²) in [6.45, 7) is 3.65. The predicted octanol–water partition coefficient (Wildman–Crippen LogP) is 2.79. The number of rotatable bonds is 6. The highest BCUT2D eigenvalue weighted by atomic mass is 19.1. The monoisotopic (exact) mass is 280 g/mol. The van der Waals surface area contributed by atoms with Crippen LogP contribution in [0.25, 0.3) is 0 Å². The number of aliphatic hydroxyl groups is 1. The van der Waals surface area contributed by atoms with Gasteiger partial charge in [-0.15, -0.1) is 0 Å². The fourth-order valence-electron chi connectivity index (χ4n) is 1.79. The third-order valence-corrected chi connectivity index (χ3v) is 2.76. The van der Waals surface area contributed by atoms with Crippen molar-refractivity contribution >= 4 is 0 Å². The second-order valence-electron chi connectivity index (χ2n) is 4.50. The van der Waals surface area contributed by atoms with E-state index in [0.717, 1.165) is 12.8 Å².